The van der Waals surface area contributed by atoms with E-state index in [0.29, 0.717) is 11.6 Å². The molecule has 20 heavy (non-hydrogen) atoms. The van der Waals surface area contributed by atoms with Gasteiger partial charge in [0.2, 0.25) is 5.91 Å². The maximum Gasteiger partial charge on any atom is 0.221 e. The molecule has 2 rings (SSSR count). The van der Waals surface area contributed by atoms with Gasteiger partial charge in [-0.05, 0) is 51.8 Å². The second kappa shape index (κ2) is 6.77. The summed E-state index contributed by atoms with van der Waals surface area (Å²) in [5, 5.41) is 6.74. The van der Waals surface area contributed by atoms with Gasteiger partial charge in [0.05, 0.1) is 5.02 Å². The Morgan fingerprint density at radius 3 is 2.40 bits per heavy atom. The molecule has 0 aliphatic heterocycles. The normalized spacial score (nSPS) is 10.2. The molecule has 0 bridgehead atoms. The summed E-state index contributed by atoms with van der Waals surface area (Å²) in [4.78, 5) is 10.9. The number of carbonyl (C=O) groups excluding carboxylic acids is 1. The first-order valence-corrected chi connectivity index (χ1v) is 7.27. The molecule has 0 spiro atoms. The van der Waals surface area contributed by atoms with E-state index in [-0.39, 0.29) is 5.91 Å². The fourth-order valence-electron chi connectivity index (χ4n) is 1.72. The smallest absolute Gasteiger partial charge is 0.221 e. The molecular weight excluding hydrogens is 340 g/mol. The average Bonchev–Trinajstić information content (AvgIpc) is 2.41. The van der Waals surface area contributed by atoms with Gasteiger partial charge in [-0.1, -0.05) is 23.7 Å². The Balaban J connectivity index is 1.96. The molecule has 0 heterocycles. The van der Waals surface area contributed by atoms with Crippen molar-refractivity contribution in [1.82, 2.24) is 0 Å². The van der Waals surface area contributed by atoms with Gasteiger partial charge in [0.25, 0.3) is 0 Å². The predicted molar refractivity (Wildman–Crippen MR) is 87.2 cm³/mol. The lowest BCUT2D eigenvalue weighted by molar-refractivity contribution is -0.114. The summed E-state index contributed by atoms with van der Waals surface area (Å²) in [7, 11) is 0. The molecule has 104 valence electrons. The SMILES string of the molecule is CC(=O)Nc1ccc(CNc2ccc(Cl)c(Br)c2)cc1. The van der Waals surface area contributed by atoms with Crippen molar-refractivity contribution >= 4 is 44.8 Å². The van der Waals surface area contributed by atoms with Gasteiger partial charge in [-0.25, -0.2) is 0 Å². The Morgan fingerprint density at radius 1 is 1.15 bits per heavy atom. The van der Waals surface area contributed by atoms with Crippen LogP contribution in [0.1, 0.15) is 12.5 Å². The van der Waals surface area contributed by atoms with Crippen molar-refractivity contribution < 1.29 is 4.79 Å². The molecule has 1 amide bonds. The number of halogens is 2. The van der Waals surface area contributed by atoms with E-state index in [1.807, 2.05) is 42.5 Å². The molecule has 2 N–H and O–H groups in total. The number of carbonyl (C=O) groups is 1. The summed E-state index contributed by atoms with van der Waals surface area (Å²) in [6.45, 7) is 2.20. The number of benzene rings is 2. The highest BCUT2D eigenvalue weighted by molar-refractivity contribution is 9.10. The van der Waals surface area contributed by atoms with Gasteiger partial charge in [-0.3, -0.25) is 4.79 Å². The monoisotopic (exact) mass is 352 g/mol. The van der Waals surface area contributed by atoms with E-state index in [1.54, 1.807) is 0 Å². The summed E-state index contributed by atoms with van der Waals surface area (Å²) in [6, 6.07) is 13.4. The third kappa shape index (κ3) is 4.25. The summed E-state index contributed by atoms with van der Waals surface area (Å²) >= 11 is 9.34. The van der Waals surface area contributed by atoms with E-state index < -0.39 is 0 Å². The minimum absolute atomic E-state index is 0.0677. The Bertz CT molecular complexity index is 614. The molecule has 2 aromatic carbocycles. The highest BCUT2D eigenvalue weighted by Gasteiger charge is 2.00. The van der Waals surface area contributed by atoms with Gasteiger partial charge in [-0.2, -0.15) is 0 Å². The average molecular weight is 354 g/mol. The lowest BCUT2D eigenvalue weighted by Crippen LogP contribution is -2.06. The van der Waals surface area contributed by atoms with Gasteiger partial charge >= 0.3 is 0 Å². The second-order valence-electron chi connectivity index (χ2n) is 4.36. The molecule has 0 aromatic heterocycles. The summed E-state index contributed by atoms with van der Waals surface area (Å²) in [6.07, 6.45) is 0. The number of anilines is 2. The number of nitrogens with one attached hydrogen (secondary N) is 2. The molecule has 0 unspecified atom stereocenters. The quantitative estimate of drug-likeness (QED) is 0.838. The van der Waals surface area contributed by atoms with Crippen molar-refractivity contribution in [2.75, 3.05) is 10.6 Å². The third-order valence-electron chi connectivity index (χ3n) is 2.69. The van der Waals surface area contributed by atoms with Crippen LogP contribution in [-0.4, -0.2) is 5.91 Å². The Morgan fingerprint density at radius 2 is 1.80 bits per heavy atom. The third-order valence-corrected chi connectivity index (χ3v) is 3.90. The predicted octanol–water partition coefficient (Wildman–Crippen LogP) is 4.67. The first-order valence-electron chi connectivity index (χ1n) is 6.10. The number of hydrogen-bond donors (Lipinski definition) is 2. The topological polar surface area (TPSA) is 41.1 Å². The first-order chi connectivity index (χ1) is 9.54. The van der Waals surface area contributed by atoms with Gasteiger partial charge in [0, 0.05) is 29.3 Å². The molecule has 0 saturated carbocycles. The lowest BCUT2D eigenvalue weighted by Gasteiger charge is -2.08. The standard InChI is InChI=1S/C15H14BrClN2O/c1-10(20)19-12-4-2-11(3-5-12)9-18-13-6-7-15(17)14(16)8-13/h2-8,18H,9H2,1H3,(H,19,20). The summed E-state index contributed by atoms with van der Waals surface area (Å²) < 4.78 is 0.866. The van der Waals surface area contributed by atoms with Crippen molar-refractivity contribution in [2.24, 2.45) is 0 Å². The Hall–Kier alpha value is -1.52. The summed E-state index contributed by atoms with van der Waals surface area (Å²) in [5.41, 5.74) is 2.92. The molecule has 0 fully saturated rings. The Labute approximate surface area is 131 Å². The van der Waals surface area contributed by atoms with Crippen LogP contribution in [0, 0.1) is 0 Å². The summed E-state index contributed by atoms with van der Waals surface area (Å²) in [5.74, 6) is -0.0677. The number of rotatable bonds is 4. The van der Waals surface area contributed by atoms with E-state index in [0.717, 1.165) is 21.4 Å². The molecule has 0 radical (unpaired) electrons. The van der Waals surface area contributed by atoms with Gasteiger partial charge in [0.1, 0.15) is 0 Å². The zero-order valence-electron chi connectivity index (χ0n) is 10.9. The van der Waals surface area contributed by atoms with E-state index in [1.165, 1.54) is 6.92 Å². The van der Waals surface area contributed by atoms with Crippen molar-refractivity contribution in [1.29, 1.82) is 0 Å². The lowest BCUT2D eigenvalue weighted by atomic mass is 10.2. The highest BCUT2D eigenvalue weighted by atomic mass is 79.9. The molecular formula is C15H14BrClN2O. The zero-order valence-corrected chi connectivity index (χ0v) is 13.3. The second-order valence-corrected chi connectivity index (χ2v) is 5.62. The van der Waals surface area contributed by atoms with Crippen LogP contribution in [-0.2, 0) is 11.3 Å². The maximum absolute atomic E-state index is 10.9. The first kappa shape index (κ1) is 14.9. The van der Waals surface area contributed by atoms with Crippen LogP contribution in [0.5, 0.6) is 0 Å². The highest BCUT2D eigenvalue weighted by Crippen LogP contribution is 2.25. The van der Waals surface area contributed by atoms with Crippen LogP contribution in [0.4, 0.5) is 11.4 Å². The van der Waals surface area contributed by atoms with Crippen LogP contribution >= 0.6 is 27.5 Å². The van der Waals surface area contributed by atoms with Gasteiger partial charge in [-0.15, -0.1) is 0 Å². The molecule has 0 saturated heterocycles. The maximum atomic E-state index is 10.9. The molecule has 0 atom stereocenters. The van der Waals surface area contributed by atoms with E-state index in [4.69, 9.17) is 11.6 Å². The van der Waals surface area contributed by atoms with Crippen molar-refractivity contribution in [3.63, 3.8) is 0 Å². The van der Waals surface area contributed by atoms with Crippen LogP contribution in [0.15, 0.2) is 46.9 Å². The van der Waals surface area contributed by atoms with E-state index in [9.17, 15) is 4.79 Å². The van der Waals surface area contributed by atoms with E-state index in [2.05, 4.69) is 26.6 Å². The molecule has 5 heteroatoms. The van der Waals surface area contributed by atoms with Crippen molar-refractivity contribution in [3.8, 4) is 0 Å². The van der Waals surface area contributed by atoms with Gasteiger partial charge in [0.15, 0.2) is 0 Å². The van der Waals surface area contributed by atoms with Crippen LogP contribution in [0.2, 0.25) is 5.02 Å². The zero-order chi connectivity index (χ0) is 14.5. The van der Waals surface area contributed by atoms with Gasteiger partial charge < -0.3 is 10.6 Å². The fraction of sp³-hybridized carbons (Fsp3) is 0.133. The molecule has 0 aliphatic rings. The van der Waals surface area contributed by atoms with Crippen LogP contribution < -0.4 is 10.6 Å². The largest absolute Gasteiger partial charge is 0.381 e. The van der Waals surface area contributed by atoms with Crippen molar-refractivity contribution in [2.45, 2.75) is 13.5 Å². The minimum atomic E-state index is -0.0677. The number of amides is 1. The van der Waals surface area contributed by atoms with Crippen molar-refractivity contribution in [3.05, 3.63) is 57.5 Å². The Kier molecular flexibility index (Phi) is 5.04. The van der Waals surface area contributed by atoms with Crippen LogP contribution in [0.3, 0.4) is 0 Å². The van der Waals surface area contributed by atoms with Crippen LogP contribution in [0.25, 0.3) is 0 Å². The van der Waals surface area contributed by atoms with E-state index >= 15 is 0 Å². The molecule has 0 aliphatic carbocycles. The number of hydrogen-bond acceptors (Lipinski definition) is 2. The minimum Gasteiger partial charge on any atom is -0.381 e. The molecule has 3 nitrogen and oxygen atoms in total. The molecule has 2 aromatic rings. The fourth-order valence-corrected chi connectivity index (χ4v) is 2.22.